The van der Waals surface area contributed by atoms with Crippen LogP contribution in [0, 0.1) is 5.92 Å². The van der Waals surface area contributed by atoms with E-state index >= 15 is 0 Å². The minimum atomic E-state index is -0.794. The third kappa shape index (κ3) is 7.30. The van der Waals surface area contributed by atoms with Crippen LogP contribution in [0.4, 0.5) is 0 Å². The third-order valence-corrected chi connectivity index (χ3v) is 2.26. The minimum absolute atomic E-state index is 0.0762. The number of hydrogen-bond donors (Lipinski definition) is 2. The summed E-state index contributed by atoms with van der Waals surface area (Å²) in [5.74, 6) is 0.664. The fraction of sp³-hybridized carbons (Fsp3) is 1.00. The molecule has 0 spiro atoms. The van der Waals surface area contributed by atoms with Crippen LogP contribution in [0.3, 0.4) is 0 Å². The van der Waals surface area contributed by atoms with Gasteiger partial charge in [0.25, 0.3) is 0 Å². The Balaban J connectivity index is 3.60. The summed E-state index contributed by atoms with van der Waals surface area (Å²) in [5.41, 5.74) is 4.63. The van der Waals surface area contributed by atoms with Crippen LogP contribution in [0.25, 0.3) is 0 Å². The van der Waals surface area contributed by atoms with Crippen LogP contribution in [-0.4, -0.2) is 30.0 Å². The zero-order valence-electron chi connectivity index (χ0n) is 9.92. The van der Waals surface area contributed by atoms with Gasteiger partial charge in [-0.15, -0.1) is 0 Å². The van der Waals surface area contributed by atoms with Gasteiger partial charge in [0, 0.05) is 19.6 Å². The zero-order valence-corrected chi connectivity index (χ0v) is 9.92. The molecule has 0 aliphatic carbocycles. The topological polar surface area (TPSA) is 55.5 Å². The molecule has 0 saturated heterocycles. The Bertz CT molecular complexity index is 146. The number of nitrogens with two attached hydrogens (primary N) is 1. The summed E-state index contributed by atoms with van der Waals surface area (Å²) >= 11 is 0. The highest BCUT2D eigenvalue weighted by Gasteiger charge is 2.21. The van der Waals surface area contributed by atoms with E-state index in [-0.39, 0.29) is 12.6 Å². The molecule has 0 aromatic heterocycles. The number of aliphatic hydroxyl groups is 1. The number of hydrogen-bond acceptors (Lipinski definition) is 3. The summed E-state index contributed by atoms with van der Waals surface area (Å²) in [4.78, 5) is 0. The second-order valence-electron chi connectivity index (χ2n) is 4.77. The van der Waals surface area contributed by atoms with Gasteiger partial charge in [-0.2, -0.15) is 0 Å². The maximum atomic E-state index is 9.70. The van der Waals surface area contributed by atoms with Gasteiger partial charge >= 0.3 is 0 Å². The second kappa shape index (κ2) is 6.38. The van der Waals surface area contributed by atoms with Crippen molar-refractivity contribution >= 4 is 0 Å². The molecule has 0 bridgehead atoms. The van der Waals surface area contributed by atoms with Gasteiger partial charge in [0.2, 0.25) is 0 Å². The Labute approximate surface area is 87.6 Å². The Kier molecular flexibility index (Phi) is 6.33. The van der Waals surface area contributed by atoms with Crippen LogP contribution in [-0.2, 0) is 4.74 Å². The SMILES string of the molecule is CC(C)CCOC(C)CC(C)(O)CN. The molecule has 0 heterocycles. The molecular formula is C11H25NO2. The third-order valence-electron chi connectivity index (χ3n) is 2.26. The van der Waals surface area contributed by atoms with Crippen molar-refractivity contribution in [3.63, 3.8) is 0 Å². The zero-order chi connectivity index (χ0) is 11.2. The Morgan fingerprint density at radius 3 is 2.36 bits per heavy atom. The first kappa shape index (κ1) is 13.9. The molecule has 0 rings (SSSR count). The largest absolute Gasteiger partial charge is 0.389 e. The lowest BCUT2D eigenvalue weighted by Crippen LogP contribution is -2.37. The molecular weight excluding hydrogens is 178 g/mol. The van der Waals surface area contributed by atoms with Crippen molar-refractivity contribution in [1.82, 2.24) is 0 Å². The fourth-order valence-electron chi connectivity index (χ4n) is 1.27. The van der Waals surface area contributed by atoms with Crippen molar-refractivity contribution < 1.29 is 9.84 Å². The van der Waals surface area contributed by atoms with Crippen molar-refractivity contribution in [2.75, 3.05) is 13.2 Å². The van der Waals surface area contributed by atoms with E-state index in [0.29, 0.717) is 12.3 Å². The van der Waals surface area contributed by atoms with Crippen LogP contribution in [0.5, 0.6) is 0 Å². The molecule has 2 atom stereocenters. The predicted octanol–water partition coefficient (Wildman–Crippen LogP) is 1.54. The highest BCUT2D eigenvalue weighted by Crippen LogP contribution is 2.13. The average molecular weight is 203 g/mol. The van der Waals surface area contributed by atoms with Gasteiger partial charge in [0.05, 0.1) is 11.7 Å². The molecule has 3 nitrogen and oxygen atoms in total. The van der Waals surface area contributed by atoms with Crippen molar-refractivity contribution in [1.29, 1.82) is 0 Å². The molecule has 0 aliphatic rings. The molecule has 3 heteroatoms. The molecule has 0 saturated carbocycles. The van der Waals surface area contributed by atoms with E-state index in [0.717, 1.165) is 13.0 Å². The van der Waals surface area contributed by atoms with Crippen molar-refractivity contribution in [3.05, 3.63) is 0 Å². The molecule has 3 N–H and O–H groups in total. The quantitative estimate of drug-likeness (QED) is 0.660. The average Bonchev–Trinajstić information content (AvgIpc) is 2.02. The molecule has 0 radical (unpaired) electrons. The molecule has 14 heavy (non-hydrogen) atoms. The van der Waals surface area contributed by atoms with Gasteiger partial charge in [0.15, 0.2) is 0 Å². The second-order valence-corrected chi connectivity index (χ2v) is 4.77. The van der Waals surface area contributed by atoms with E-state index in [1.807, 2.05) is 6.92 Å². The number of ether oxygens (including phenoxy) is 1. The molecule has 0 fully saturated rings. The van der Waals surface area contributed by atoms with Crippen molar-refractivity contribution in [3.8, 4) is 0 Å². The highest BCUT2D eigenvalue weighted by atomic mass is 16.5. The first-order valence-corrected chi connectivity index (χ1v) is 5.41. The van der Waals surface area contributed by atoms with E-state index in [9.17, 15) is 5.11 Å². The van der Waals surface area contributed by atoms with Gasteiger partial charge in [-0.25, -0.2) is 0 Å². The predicted molar refractivity (Wildman–Crippen MR) is 59.2 cm³/mol. The lowest BCUT2D eigenvalue weighted by molar-refractivity contribution is -0.0197. The molecule has 0 aromatic carbocycles. The highest BCUT2D eigenvalue weighted by molar-refractivity contribution is 4.76. The Morgan fingerprint density at radius 1 is 1.36 bits per heavy atom. The van der Waals surface area contributed by atoms with Crippen LogP contribution >= 0.6 is 0 Å². The van der Waals surface area contributed by atoms with E-state index < -0.39 is 5.60 Å². The van der Waals surface area contributed by atoms with Gasteiger partial charge in [-0.05, 0) is 26.2 Å². The van der Waals surface area contributed by atoms with Crippen LogP contribution in [0.1, 0.15) is 40.5 Å². The molecule has 0 aromatic rings. The lowest BCUT2D eigenvalue weighted by Gasteiger charge is -2.25. The van der Waals surface area contributed by atoms with Crippen molar-refractivity contribution in [2.45, 2.75) is 52.2 Å². The van der Waals surface area contributed by atoms with Gasteiger partial charge < -0.3 is 15.6 Å². The smallest absolute Gasteiger partial charge is 0.0765 e. The van der Waals surface area contributed by atoms with Crippen LogP contribution in [0.2, 0.25) is 0 Å². The molecule has 0 aliphatic heterocycles. The maximum absolute atomic E-state index is 9.70. The molecule has 0 amide bonds. The minimum Gasteiger partial charge on any atom is -0.389 e. The van der Waals surface area contributed by atoms with E-state index in [4.69, 9.17) is 10.5 Å². The van der Waals surface area contributed by atoms with Gasteiger partial charge in [0.1, 0.15) is 0 Å². The molecule has 86 valence electrons. The van der Waals surface area contributed by atoms with E-state index in [1.165, 1.54) is 0 Å². The summed E-state index contributed by atoms with van der Waals surface area (Å²) in [6, 6.07) is 0. The Morgan fingerprint density at radius 2 is 1.93 bits per heavy atom. The maximum Gasteiger partial charge on any atom is 0.0765 e. The van der Waals surface area contributed by atoms with Crippen LogP contribution in [0.15, 0.2) is 0 Å². The summed E-state index contributed by atoms with van der Waals surface area (Å²) < 4.78 is 5.57. The summed E-state index contributed by atoms with van der Waals surface area (Å²) in [5, 5.41) is 9.70. The van der Waals surface area contributed by atoms with Gasteiger partial charge in [-0.1, -0.05) is 13.8 Å². The lowest BCUT2D eigenvalue weighted by atomic mass is 9.99. The monoisotopic (exact) mass is 203 g/mol. The van der Waals surface area contributed by atoms with Crippen molar-refractivity contribution in [2.24, 2.45) is 11.7 Å². The van der Waals surface area contributed by atoms with E-state index in [2.05, 4.69) is 13.8 Å². The number of rotatable bonds is 7. The molecule has 2 unspecified atom stereocenters. The Hall–Kier alpha value is -0.120. The summed E-state index contributed by atoms with van der Waals surface area (Å²) in [7, 11) is 0. The summed E-state index contributed by atoms with van der Waals surface area (Å²) in [6.07, 6.45) is 1.74. The summed E-state index contributed by atoms with van der Waals surface area (Å²) in [6.45, 7) is 9.11. The normalized spacial score (nSPS) is 18.2. The standard InChI is InChI=1S/C11H25NO2/c1-9(2)5-6-14-10(3)7-11(4,13)8-12/h9-10,13H,5-8,12H2,1-4H3. The first-order chi connectivity index (χ1) is 6.37. The van der Waals surface area contributed by atoms with Gasteiger partial charge in [-0.3, -0.25) is 0 Å². The first-order valence-electron chi connectivity index (χ1n) is 5.41. The van der Waals surface area contributed by atoms with Crippen LogP contribution < -0.4 is 5.73 Å². The van der Waals surface area contributed by atoms with E-state index in [1.54, 1.807) is 6.92 Å². The fourth-order valence-corrected chi connectivity index (χ4v) is 1.27.